The first kappa shape index (κ1) is 10.8. The third-order valence-electron chi connectivity index (χ3n) is 2.25. The van der Waals surface area contributed by atoms with E-state index < -0.39 is 0 Å². The van der Waals surface area contributed by atoms with Gasteiger partial charge in [0.1, 0.15) is 0 Å². The van der Waals surface area contributed by atoms with Crippen LogP contribution in [-0.2, 0) is 6.42 Å². The summed E-state index contributed by atoms with van der Waals surface area (Å²) >= 11 is 0. The van der Waals surface area contributed by atoms with E-state index >= 15 is 0 Å². The Balaban J connectivity index is 2.29. The highest BCUT2D eigenvalue weighted by atomic mass is 13.9. The van der Waals surface area contributed by atoms with Crippen LogP contribution in [0.25, 0.3) is 0 Å². The highest BCUT2D eigenvalue weighted by Gasteiger charge is 1.88. The molecule has 0 aromatic heterocycles. The Morgan fingerprint density at radius 2 is 2.00 bits per heavy atom. The lowest BCUT2D eigenvalue weighted by Crippen LogP contribution is -1.81. The van der Waals surface area contributed by atoms with Crippen LogP contribution in [0.15, 0.2) is 54.6 Å². The second kappa shape index (κ2) is 6.20. The Bertz CT molecular complexity index is 293. The minimum Gasteiger partial charge on any atom is -0.0959 e. The molecule has 0 bridgehead atoms. The number of rotatable bonds is 5. The fourth-order valence-electron chi connectivity index (χ4n) is 1.26. The van der Waals surface area contributed by atoms with Gasteiger partial charge in [-0.25, -0.2) is 0 Å². The lowest BCUT2D eigenvalue weighted by atomic mass is 10.1. The maximum Gasteiger partial charge on any atom is -0.0244 e. The summed E-state index contributed by atoms with van der Waals surface area (Å²) in [5, 5.41) is 0. The van der Waals surface area contributed by atoms with Crippen LogP contribution < -0.4 is 0 Å². The molecule has 74 valence electrons. The highest BCUT2D eigenvalue weighted by molar-refractivity contribution is 5.17. The van der Waals surface area contributed by atoms with Gasteiger partial charge in [0.05, 0.1) is 0 Å². The Morgan fingerprint density at radius 1 is 1.29 bits per heavy atom. The largest absolute Gasteiger partial charge is 0.0959 e. The molecule has 0 aliphatic carbocycles. The predicted molar refractivity (Wildman–Crippen MR) is 63.3 cm³/mol. The third kappa shape index (κ3) is 4.08. The van der Waals surface area contributed by atoms with Gasteiger partial charge in [-0.1, -0.05) is 61.6 Å². The van der Waals surface area contributed by atoms with Gasteiger partial charge in [0.25, 0.3) is 0 Å². The van der Waals surface area contributed by atoms with Crippen LogP contribution in [-0.4, -0.2) is 0 Å². The summed E-state index contributed by atoms with van der Waals surface area (Å²) in [6.07, 6.45) is 7.60. The van der Waals surface area contributed by atoms with Crippen LogP contribution in [0.3, 0.4) is 0 Å². The van der Waals surface area contributed by atoms with Crippen LogP contribution in [0, 0.1) is 0 Å². The second-order valence-electron chi connectivity index (χ2n) is 3.44. The topological polar surface area (TPSA) is 0 Å². The molecule has 0 heteroatoms. The minimum absolute atomic E-state index is 1.04. The zero-order valence-electron chi connectivity index (χ0n) is 8.87. The van der Waals surface area contributed by atoms with Crippen molar-refractivity contribution in [3.63, 3.8) is 0 Å². The van der Waals surface area contributed by atoms with Gasteiger partial charge in [-0.3, -0.25) is 0 Å². The highest BCUT2D eigenvalue weighted by Crippen LogP contribution is 2.04. The third-order valence-corrected chi connectivity index (χ3v) is 2.25. The van der Waals surface area contributed by atoms with Gasteiger partial charge in [0.2, 0.25) is 0 Å². The van der Waals surface area contributed by atoms with Crippen molar-refractivity contribution in [3.8, 4) is 0 Å². The summed E-state index contributed by atoms with van der Waals surface area (Å²) in [6, 6.07) is 10.6. The normalized spacial score (nSPS) is 10.6. The van der Waals surface area contributed by atoms with E-state index in [9.17, 15) is 0 Å². The molecule has 0 spiro atoms. The lowest BCUT2D eigenvalue weighted by molar-refractivity contribution is 0.997. The molecule has 0 saturated heterocycles. The molecule has 0 aliphatic rings. The Morgan fingerprint density at radius 3 is 2.64 bits per heavy atom. The fraction of sp³-hybridized carbons (Fsp3) is 0.286. The van der Waals surface area contributed by atoms with Crippen molar-refractivity contribution in [1.29, 1.82) is 0 Å². The zero-order chi connectivity index (χ0) is 10.2. The van der Waals surface area contributed by atoms with Gasteiger partial charge in [0.15, 0.2) is 0 Å². The molecule has 0 unspecified atom stereocenters. The smallest absolute Gasteiger partial charge is 0.0244 e. The first-order valence-corrected chi connectivity index (χ1v) is 5.21. The van der Waals surface area contributed by atoms with Crippen molar-refractivity contribution < 1.29 is 0 Å². The average Bonchev–Trinajstić information content (AvgIpc) is 2.25. The van der Waals surface area contributed by atoms with Crippen LogP contribution in [0.5, 0.6) is 0 Å². The predicted octanol–water partition coefficient (Wildman–Crippen LogP) is 4.14. The Hall–Kier alpha value is -1.30. The zero-order valence-corrected chi connectivity index (χ0v) is 8.87. The SMILES string of the molecule is C=C(C=CCCc1ccccc1)CC. The fourth-order valence-corrected chi connectivity index (χ4v) is 1.26. The number of benzene rings is 1. The van der Waals surface area contributed by atoms with E-state index in [-0.39, 0.29) is 0 Å². The summed E-state index contributed by atoms with van der Waals surface area (Å²) < 4.78 is 0. The summed E-state index contributed by atoms with van der Waals surface area (Å²) in [5.74, 6) is 0. The molecule has 0 nitrogen and oxygen atoms in total. The Labute approximate surface area is 87.0 Å². The number of hydrogen-bond acceptors (Lipinski definition) is 0. The molecule has 0 N–H and O–H groups in total. The summed E-state index contributed by atoms with van der Waals surface area (Å²) in [6.45, 7) is 6.06. The van der Waals surface area contributed by atoms with Crippen molar-refractivity contribution in [2.24, 2.45) is 0 Å². The first-order chi connectivity index (χ1) is 6.83. The quantitative estimate of drug-likeness (QED) is 0.606. The molecule has 0 radical (unpaired) electrons. The van der Waals surface area contributed by atoms with Crippen molar-refractivity contribution in [2.45, 2.75) is 26.2 Å². The lowest BCUT2D eigenvalue weighted by Gasteiger charge is -1.96. The maximum atomic E-state index is 3.93. The molecule has 0 amide bonds. The van der Waals surface area contributed by atoms with Crippen molar-refractivity contribution in [3.05, 3.63) is 60.2 Å². The average molecular weight is 186 g/mol. The molecule has 1 aromatic rings. The van der Waals surface area contributed by atoms with Gasteiger partial charge in [-0.2, -0.15) is 0 Å². The molecular weight excluding hydrogens is 168 g/mol. The monoisotopic (exact) mass is 186 g/mol. The second-order valence-corrected chi connectivity index (χ2v) is 3.44. The first-order valence-electron chi connectivity index (χ1n) is 5.21. The van der Waals surface area contributed by atoms with Gasteiger partial charge >= 0.3 is 0 Å². The standard InChI is InChI=1S/C14H18/c1-3-13(2)9-7-8-12-14-10-5-4-6-11-14/h4-7,9-11H,2-3,8,12H2,1H3. The number of hydrogen-bond donors (Lipinski definition) is 0. The van der Waals surface area contributed by atoms with Crippen LogP contribution in [0.4, 0.5) is 0 Å². The molecule has 0 heterocycles. The summed E-state index contributed by atoms with van der Waals surface area (Å²) in [7, 11) is 0. The van der Waals surface area contributed by atoms with Crippen molar-refractivity contribution >= 4 is 0 Å². The van der Waals surface area contributed by atoms with Crippen LogP contribution in [0.1, 0.15) is 25.3 Å². The summed E-state index contributed by atoms with van der Waals surface area (Å²) in [4.78, 5) is 0. The van der Waals surface area contributed by atoms with E-state index in [1.54, 1.807) is 0 Å². The molecule has 0 aliphatic heterocycles. The molecule has 0 fully saturated rings. The van der Waals surface area contributed by atoms with Gasteiger partial charge < -0.3 is 0 Å². The Kier molecular flexibility index (Phi) is 4.77. The van der Waals surface area contributed by atoms with Gasteiger partial charge in [-0.05, 0) is 24.8 Å². The maximum absolute atomic E-state index is 3.93. The molecule has 1 aromatic carbocycles. The van der Waals surface area contributed by atoms with E-state index in [2.05, 4.69) is 56.0 Å². The molecule has 0 saturated carbocycles. The van der Waals surface area contributed by atoms with Gasteiger partial charge in [-0.15, -0.1) is 0 Å². The minimum atomic E-state index is 1.04. The van der Waals surface area contributed by atoms with E-state index in [0.717, 1.165) is 19.3 Å². The number of aryl methyl sites for hydroxylation is 1. The molecule has 1 rings (SSSR count). The summed E-state index contributed by atoms with van der Waals surface area (Å²) in [5.41, 5.74) is 2.61. The molecular formula is C14H18. The molecule has 14 heavy (non-hydrogen) atoms. The van der Waals surface area contributed by atoms with Crippen LogP contribution >= 0.6 is 0 Å². The van der Waals surface area contributed by atoms with E-state index in [0.29, 0.717) is 0 Å². The number of allylic oxidation sites excluding steroid dienone is 3. The molecule has 0 atom stereocenters. The van der Waals surface area contributed by atoms with Crippen molar-refractivity contribution in [1.82, 2.24) is 0 Å². The van der Waals surface area contributed by atoms with E-state index in [1.807, 2.05) is 0 Å². The van der Waals surface area contributed by atoms with Gasteiger partial charge in [0, 0.05) is 0 Å². The van der Waals surface area contributed by atoms with E-state index in [1.165, 1.54) is 11.1 Å². The van der Waals surface area contributed by atoms with Crippen molar-refractivity contribution in [2.75, 3.05) is 0 Å². The van der Waals surface area contributed by atoms with E-state index in [4.69, 9.17) is 0 Å². The van der Waals surface area contributed by atoms with Crippen LogP contribution in [0.2, 0.25) is 0 Å².